The monoisotopic (exact) mass is 385 g/mol. The molecule has 0 aliphatic heterocycles. The molecule has 21 heavy (non-hydrogen) atoms. The Morgan fingerprint density at radius 2 is 1.81 bits per heavy atom. The van der Waals surface area contributed by atoms with Crippen LogP contribution < -0.4 is 4.72 Å². The number of ketones is 1. The number of rotatable bonds is 5. The zero-order valence-corrected chi connectivity index (χ0v) is 14.1. The lowest BCUT2D eigenvalue weighted by atomic mass is 10.1. The van der Waals surface area contributed by atoms with Gasteiger partial charge in [-0.25, -0.2) is 8.42 Å². The minimum absolute atomic E-state index is 0.145. The van der Waals surface area contributed by atoms with Crippen LogP contribution >= 0.6 is 27.3 Å². The highest BCUT2D eigenvalue weighted by atomic mass is 79.9. The molecule has 0 atom stereocenters. The van der Waals surface area contributed by atoms with Gasteiger partial charge in [-0.05, 0) is 65.2 Å². The summed E-state index contributed by atoms with van der Waals surface area (Å²) in [6, 6.07) is 9.82. The first-order chi connectivity index (χ1) is 9.95. The average Bonchev–Trinajstić information content (AvgIpc) is 3.20. The van der Waals surface area contributed by atoms with Crippen LogP contribution in [0, 0.1) is 5.92 Å². The van der Waals surface area contributed by atoms with E-state index in [1.54, 1.807) is 36.4 Å². The summed E-state index contributed by atoms with van der Waals surface area (Å²) in [6.07, 6.45) is 1.92. The highest BCUT2D eigenvalue weighted by Gasteiger charge is 2.30. The maximum Gasteiger partial charge on any atom is 0.271 e. The van der Waals surface area contributed by atoms with E-state index in [0.717, 1.165) is 28.0 Å². The van der Waals surface area contributed by atoms with E-state index < -0.39 is 10.0 Å². The maximum absolute atomic E-state index is 12.2. The number of nitrogens with one attached hydrogen (secondary N) is 1. The SMILES string of the molecule is O=C(c1ccc(NS(=O)(=O)c2ccc(Br)s2)cc1)C1CC1. The average molecular weight is 386 g/mol. The van der Waals surface area contributed by atoms with Crippen molar-refractivity contribution in [2.75, 3.05) is 4.72 Å². The predicted molar refractivity (Wildman–Crippen MR) is 86.3 cm³/mol. The molecule has 110 valence electrons. The Kier molecular flexibility index (Phi) is 3.90. The van der Waals surface area contributed by atoms with E-state index in [4.69, 9.17) is 0 Å². The summed E-state index contributed by atoms with van der Waals surface area (Å²) in [5.41, 5.74) is 1.09. The van der Waals surface area contributed by atoms with Crippen molar-refractivity contribution in [2.24, 2.45) is 5.92 Å². The molecule has 1 N–H and O–H groups in total. The van der Waals surface area contributed by atoms with Gasteiger partial charge in [-0.15, -0.1) is 11.3 Å². The Labute approximate surface area is 135 Å². The molecule has 1 saturated carbocycles. The molecule has 0 radical (unpaired) electrons. The van der Waals surface area contributed by atoms with E-state index in [1.807, 2.05) is 0 Å². The summed E-state index contributed by atoms with van der Waals surface area (Å²) in [5.74, 6) is 0.308. The number of hydrogen-bond acceptors (Lipinski definition) is 4. The van der Waals surface area contributed by atoms with Crippen molar-refractivity contribution >= 4 is 48.8 Å². The molecule has 0 spiro atoms. The van der Waals surface area contributed by atoms with Gasteiger partial charge in [-0.2, -0.15) is 0 Å². The van der Waals surface area contributed by atoms with E-state index in [1.165, 1.54) is 0 Å². The molecule has 0 amide bonds. The van der Waals surface area contributed by atoms with Crippen LogP contribution in [0.25, 0.3) is 0 Å². The topological polar surface area (TPSA) is 63.2 Å². The second-order valence-electron chi connectivity index (χ2n) is 4.88. The molecule has 7 heteroatoms. The summed E-state index contributed by atoms with van der Waals surface area (Å²) in [4.78, 5) is 11.9. The standard InChI is InChI=1S/C14H12BrNO3S2/c15-12-7-8-13(20-12)21(18,19)16-11-5-3-10(4-6-11)14(17)9-1-2-9/h3-9,16H,1-2H2. The Hall–Kier alpha value is -1.18. The highest BCUT2D eigenvalue weighted by molar-refractivity contribution is 9.11. The summed E-state index contributed by atoms with van der Waals surface area (Å²) in [6.45, 7) is 0. The van der Waals surface area contributed by atoms with Crippen LogP contribution in [0.1, 0.15) is 23.2 Å². The van der Waals surface area contributed by atoms with Crippen LogP contribution in [0.15, 0.2) is 44.4 Å². The fraction of sp³-hybridized carbons (Fsp3) is 0.214. The van der Waals surface area contributed by atoms with E-state index in [2.05, 4.69) is 20.7 Å². The number of halogens is 1. The van der Waals surface area contributed by atoms with Gasteiger partial charge in [0.15, 0.2) is 5.78 Å². The first kappa shape index (κ1) is 14.7. The van der Waals surface area contributed by atoms with Gasteiger partial charge in [0.25, 0.3) is 10.0 Å². The van der Waals surface area contributed by atoms with Crippen LogP contribution in [0.5, 0.6) is 0 Å². The van der Waals surface area contributed by atoms with Crippen molar-refractivity contribution in [1.82, 2.24) is 0 Å². The van der Waals surface area contributed by atoms with E-state index in [-0.39, 0.29) is 15.9 Å². The Morgan fingerprint density at radius 3 is 2.33 bits per heavy atom. The quantitative estimate of drug-likeness (QED) is 0.793. The molecule has 1 aromatic carbocycles. The van der Waals surface area contributed by atoms with Gasteiger partial charge in [0.05, 0.1) is 3.79 Å². The Morgan fingerprint density at radius 1 is 1.14 bits per heavy atom. The molecule has 0 bridgehead atoms. The molecule has 4 nitrogen and oxygen atoms in total. The lowest BCUT2D eigenvalue weighted by Gasteiger charge is -2.07. The van der Waals surface area contributed by atoms with Gasteiger partial charge < -0.3 is 0 Å². The van der Waals surface area contributed by atoms with Gasteiger partial charge in [0.2, 0.25) is 0 Å². The number of carbonyl (C=O) groups is 1. The van der Waals surface area contributed by atoms with Crippen molar-refractivity contribution < 1.29 is 13.2 Å². The molecule has 1 aliphatic carbocycles. The van der Waals surface area contributed by atoms with Crippen LogP contribution in [0.3, 0.4) is 0 Å². The van der Waals surface area contributed by atoms with Gasteiger partial charge >= 0.3 is 0 Å². The molecule has 3 rings (SSSR count). The third-order valence-electron chi connectivity index (χ3n) is 3.18. The van der Waals surface area contributed by atoms with Crippen molar-refractivity contribution in [3.05, 3.63) is 45.7 Å². The molecular formula is C14H12BrNO3S2. The first-order valence-electron chi connectivity index (χ1n) is 6.38. The normalized spacial score (nSPS) is 14.9. The Balaban J connectivity index is 1.77. The lowest BCUT2D eigenvalue weighted by Crippen LogP contribution is -2.11. The van der Waals surface area contributed by atoms with Gasteiger partial charge in [0.1, 0.15) is 4.21 Å². The summed E-state index contributed by atoms with van der Waals surface area (Å²) in [5, 5.41) is 0. The fourth-order valence-electron chi connectivity index (χ4n) is 1.93. The minimum atomic E-state index is -3.58. The van der Waals surface area contributed by atoms with Gasteiger partial charge in [-0.1, -0.05) is 0 Å². The number of thiophene rings is 1. The number of benzene rings is 1. The zero-order valence-electron chi connectivity index (χ0n) is 10.9. The third kappa shape index (κ3) is 3.36. The molecule has 1 heterocycles. The third-order valence-corrected chi connectivity index (χ3v) is 6.68. The lowest BCUT2D eigenvalue weighted by molar-refractivity contribution is 0.0967. The molecular weight excluding hydrogens is 374 g/mol. The van der Waals surface area contributed by atoms with E-state index in [9.17, 15) is 13.2 Å². The number of hydrogen-bond donors (Lipinski definition) is 1. The van der Waals surface area contributed by atoms with Gasteiger partial charge in [-0.3, -0.25) is 9.52 Å². The molecule has 0 unspecified atom stereocenters. The highest BCUT2D eigenvalue weighted by Crippen LogP contribution is 2.33. The van der Waals surface area contributed by atoms with Crippen LogP contribution in [-0.4, -0.2) is 14.2 Å². The molecule has 1 aliphatic rings. The van der Waals surface area contributed by atoms with Crippen molar-refractivity contribution in [3.63, 3.8) is 0 Å². The molecule has 0 saturated heterocycles. The number of Topliss-reactive ketones (excluding diaryl/α,β-unsaturated/α-hetero) is 1. The number of sulfonamides is 1. The van der Waals surface area contributed by atoms with Crippen LogP contribution in [-0.2, 0) is 10.0 Å². The van der Waals surface area contributed by atoms with E-state index >= 15 is 0 Å². The van der Waals surface area contributed by atoms with Crippen molar-refractivity contribution in [1.29, 1.82) is 0 Å². The number of carbonyl (C=O) groups excluding carboxylic acids is 1. The molecule has 2 aromatic rings. The summed E-state index contributed by atoms with van der Waals surface area (Å²) < 4.78 is 27.8. The molecule has 1 aromatic heterocycles. The van der Waals surface area contributed by atoms with Crippen LogP contribution in [0.2, 0.25) is 0 Å². The van der Waals surface area contributed by atoms with Gasteiger partial charge in [0, 0.05) is 17.2 Å². The van der Waals surface area contributed by atoms with Crippen molar-refractivity contribution in [3.8, 4) is 0 Å². The smallest absolute Gasteiger partial charge is 0.271 e. The molecule has 1 fully saturated rings. The largest absolute Gasteiger partial charge is 0.294 e. The second kappa shape index (κ2) is 5.55. The summed E-state index contributed by atoms with van der Waals surface area (Å²) in [7, 11) is -3.58. The maximum atomic E-state index is 12.2. The predicted octanol–water partition coefficient (Wildman–Crippen LogP) is 3.90. The van der Waals surface area contributed by atoms with Crippen molar-refractivity contribution in [2.45, 2.75) is 17.1 Å². The van der Waals surface area contributed by atoms with E-state index in [0.29, 0.717) is 11.3 Å². The second-order valence-corrected chi connectivity index (χ2v) is 9.25. The zero-order chi connectivity index (χ0) is 15.0. The number of anilines is 1. The minimum Gasteiger partial charge on any atom is -0.294 e. The van der Waals surface area contributed by atoms with Crippen LogP contribution in [0.4, 0.5) is 5.69 Å². The fourth-order valence-corrected chi connectivity index (χ4v) is 5.00. The summed E-state index contributed by atoms with van der Waals surface area (Å²) >= 11 is 4.39. The first-order valence-corrected chi connectivity index (χ1v) is 9.47. The Bertz CT molecular complexity index is 777.